The number of rotatable bonds is 9. The molecule has 1 unspecified atom stereocenters. The fourth-order valence-electron chi connectivity index (χ4n) is 4.25. The van der Waals surface area contributed by atoms with Gasteiger partial charge in [-0.2, -0.15) is 0 Å². The smallest absolute Gasteiger partial charge is 0.0572 e. The van der Waals surface area contributed by atoms with Crippen LogP contribution in [0.1, 0.15) is 66.7 Å². The molecule has 0 heterocycles. The molecule has 0 radical (unpaired) electrons. The number of hydrogen-bond acceptors (Lipinski definition) is 1. The molecule has 0 amide bonds. The summed E-state index contributed by atoms with van der Waals surface area (Å²) in [5.41, 5.74) is 4.34. The largest absolute Gasteiger partial charge is 0.314 e. The first-order chi connectivity index (χ1) is 10.1. The van der Waals surface area contributed by atoms with Gasteiger partial charge in [0.25, 0.3) is 0 Å². The molecule has 124 valence electrons. The highest BCUT2D eigenvalue weighted by atomic mass is 29.2. The van der Waals surface area contributed by atoms with E-state index in [0.717, 1.165) is 6.04 Å². The van der Waals surface area contributed by atoms with Crippen molar-refractivity contribution in [2.75, 3.05) is 6.54 Å². The van der Waals surface area contributed by atoms with E-state index in [1.807, 2.05) is 0 Å². The minimum absolute atomic E-state index is 0.700. The van der Waals surface area contributed by atoms with Crippen molar-refractivity contribution in [2.24, 2.45) is 0 Å². The molecule has 3 heteroatoms. The summed E-state index contributed by atoms with van der Waals surface area (Å²) in [6.07, 6.45) is 7.21. The van der Waals surface area contributed by atoms with Crippen LogP contribution in [0, 0.1) is 0 Å². The predicted octanol–water partition coefficient (Wildman–Crippen LogP) is 5.23. The van der Waals surface area contributed by atoms with E-state index in [1.165, 1.54) is 62.8 Å². The van der Waals surface area contributed by atoms with E-state index in [1.54, 1.807) is 5.57 Å². The fraction of sp³-hybridized carbons (Fsp3) is 0.889. The van der Waals surface area contributed by atoms with E-state index in [9.17, 15) is 0 Å². The summed E-state index contributed by atoms with van der Waals surface area (Å²) in [7, 11) is -1.67. The van der Waals surface area contributed by atoms with Crippen molar-refractivity contribution in [2.45, 2.75) is 96.9 Å². The van der Waals surface area contributed by atoms with Crippen LogP contribution in [0.25, 0.3) is 0 Å². The van der Waals surface area contributed by atoms with Crippen molar-refractivity contribution in [3.8, 4) is 0 Å². The molecule has 1 nitrogen and oxygen atoms in total. The third kappa shape index (κ3) is 6.03. The highest BCUT2D eigenvalue weighted by Gasteiger charge is 2.35. The van der Waals surface area contributed by atoms with Gasteiger partial charge in [0.15, 0.2) is 0 Å². The molecule has 0 spiro atoms. The Morgan fingerprint density at radius 3 is 2.10 bits per heavy atom. The maximum atomic E-state index is 3.90. The lowest BCUT2D eigenvalue weighted by atomic mass is 9.96. The van der Waals surface area contributed by atoms with Crippen molar-refractivity contribution in [3.63, 3.8) is 0 Å². The van der Waals surface area contributed by atoms with E-state index >= 15 is 0 Å². The van der Waals surface area contributed by atoms with Gasteiger partial charge in [-0.15, -0.1) is 5.70 Å². The zero-order valence-corrected chi connectivity index (χ0v) is 17.5. The normalized spacial score (nSPS) is 18.5. The lowest BCUT2D eigenvalue weighted by Crippen LogP contribution is -2.50. The standard InChI is InChI=1S/C18H39NSi2/c1-6-21(7-2,8-3)20(16-17(4)5)15-14-19-18-12-10-9-11-13-18/h16,18-20H,6-15H2,1-5H3. The minimum atomic E-state index is -0.974. The van der Waals surface area contributed by atoms with Gasteiger partial charge >= 0.3 is 0 Å². The van der Waals surface area contributed by atoms with Crippen molar-refractivity contribution >= 4 is 15.9 Å². The molecule has 1 N–H and O–H groups in total. The van der Waals surface area contributed by atoms with E-state index in [2.05, 4.69) is 45.6 Å². The van der Waals surface area contributed by atoms with Gasteiger partial charge in [0, 0.05) is 13.6 Å². The highest BCUT2D eigenvalue weighted by Crippen LogP contribution is 2.27. The van der Waals surface area contributed by atoms with Crippen LogP contribution in [0.2, 0.25) is 24.2 Å². The first-order valence-corrected chi connectivity index (χ1v) is 15.4. The summed E-state index contributed by atoms with van der Waals surface area (Å²) in [4.78, 5) is 0. The van der Waals surface area contributed by atoms with Crippen molar-refractivity contribution in [3.05, 3.63) is 11.3 Å². The van der Waals surface area contributed by atoms with E-state index in [4.69, 9.17) is 0 Å². The van der Waals surface area contributed by atoms with Gasteiger partial charge in [-0.1, -0.05) is 63.7 Å². The van der Waals surface area contributed by atoms with E-state index in [-0.39, 0.29) is 0 Å². The quantitative estimate of drug-likeness (QED) is 0.572. The van der Waals surface area contributed by atoms with Crippen LogP contribution in [0.15, 0.2) is 11.3 Å². The summed E-state index contributed by atoms with van der Waals surface area (Å²) >= 11 is 0. The lowest BCUT2D eigenvalue weighted by molar-refractivity contribution is 0.380. The molecule has 0 aromatic heterocycles. The molecule has 1 saturated carbocycles. The van der Waals surface area contributed by atoms with E-state index < -0.39 is 15.9 Å². The minimum Gasteiger partial charge on any atom is -0.314 e. The van der Waals surface area contributed by atoms with E-state index in [0.29, 0.717) is 0 Å². The molecule has 1 fully saturated rings. The summed E-state index contributed by atoms with van der Waals surface area (Å²) in [5.74, 6) is 0. The van der Waals surface area contributed by atoms with Gasteiger partial charge in [0.2, 0.25) is 0 Å². The molecule has 1 atom stereocenters. The van der Waals surface area contributed by atoms with Gasteiger partial charge in [0.05, 0.1) is 8.31 Å². The van der Waals surface area contributed by atoms with Crippen LogP contribution in [-0.2, 0) is 0 Å². The summed E-state index contributed by atoms with van der Waals surface area (Å²) in [6.45, 7) is 13.4. The number of hydrogen-bond donors (Lipinski definition) is 1. The Hall–Kier alpha value is 0.134. The van der Waals surface area contributed by atoms with Gasteiger partial charge < -0.3 is 5.32 Å². The average Bonchev–Trinajstić information content (AvgIpc) is 2.50. The molecule has 1 rings (SSSR count). The van der Waals surface area contributed by atoms with Crippen LogP contribution in [0.4, 0.5) is 0 Å². The Morgan fingerprint density at radius 1 is 1.05 bits per heavy atom. The van der Waals surface area contributed by atoms with Crippen molar-refractivity contribution < 1.29 is 0 Å². The number of allylic oxidation sites excluding steroid dienone is 1. The van der Waals surface area contributed by atoms with Crippen LogP contribution in [-0.4, -0.2) is 28.5 Å². The lowest BCUT2D eigenvalue weighted by Gasteiger charge is -2.35. The SMILES string of the molecule is CC[Si](CC)(CC)[SiH](C=C(C)C)CCNC1CCCCC1. The second-order valence-corrected chi connectivity index (χ2v) is 20.2. The Bertz CT molecular complexity index is 292. The third-order valence-corrected chi connectivity index (χ3v) is 23.5. The highest BCUT2D eigenvalue weighted by molar-refractivity contribution is 7.35. The second-order valence-electron chi connectivity index (χ2n) is 7.35. The Kier molecular flexibility index (Phi) is 9.14. The van der Waals surface area contributed by atoms with Crippen LogP contribution in [0.3, 0.4) is 0 Å². The van der Waals surface area contributed by atoms with Crippen LogP contribution < -0.4 is 5.32 Å². The molecule has 0 aromatic rings. The molecule has 0 saturated heterocycles. The molecule has 0 aromatic carbocycles. The summed E-state index contributed by atoms with van der Waals surface area (Å²) in [6, 6.07) is 6.85. The maximum absolute atomic E-state index is 3.90. The zero-order valence-electron chi connectivity index (χ0n) is 15.3. The van der Waals surface area contributed by atoms with Gasteiger partial charge in [-0.3, -0.25) is 0 Å². The predicted molar refractivity (Wildman–Crippen MR) is 103 cm³/mol. The summed E-state index contributed by atoms with van der Waals surface area (Å²) < 4.78 is 0. The Labute approximate surface area is 136 Å². The average molecular weight is 326 g/mol. The van der Waals surface area contributed by atoms with Gasteiger partial charge in [-0.25, -0.2) is 0 Å². The molecule has 0 aliphatic heterocycles. The number of nitrogens with one attached hydrogen (secondary N) is 1. The second kappa shape index (κ2) is 10.0. The van der Waals surface area contributed by atoms with Crippen molar-refractivity contribution in [1.82, 2.24) is 5.32 Å². The summed E-state index contributed by atoms with van der Waals surface area (Å²) in [5, 5.41) is 3.90. The Balaban J connectivity index is 2.58. The molecule has 1 aliphatic carbocycles. The Morgan fingerprint density at radius 2 is 1.62 bits per heavy atom. The van der Waals surface area contributed by atoms with Gasteiger partial charge in [-0.05, 0) is 39.3 Å². The molecule has 21 heavy (non-hydrogen) atoms. The van der Waals surface area contributed by atoms with Gasteiger partial charge in [0.1, 0.15) is 0 Å². The molecular formula is C18H39NSi2. The molecular weight excluding hydrogens is 286 g/mol. The molecule has 0 bridgehead atoms. The third-order valence-electron chi connectivity index (χ3n) is 5.93. The first kappa shape index (κ1) is 19.2. The first-order valence-electron chi connectivity index (χ1n) is 9.46. The topological polar surface area (TPSA) is 12.0 Å². The van der Waals surface area contributed by atoms with Crippen LogP contribution in [0.5, 0.6) is 0 Å². The monoisotopic (exact) mass is 325 g/mol. The fourth-order valence-corrected chi connectivity index (χ4v) is 18.8. The molecule has 1 aliphatic rings. The van der Waals surface area contributed by atoms with Crippen LogP contribution >= 0.6 is 0 Å². The van der Waals surface area contributed by atoms with Crippen molar-refractivity contribution in [1.29, 1.82) is 0 Å². The zero-order chi connectivity index (χ0) is 15.7. The maximum Gasteiger partial charge on any atom is 0.0572 e.